The van der Waals surface area contributed by atoms with Crippen molar-refractivity contribution in [2.75, 3.05) is 0 Å². The Morgan fingerprint density at radius 2 is 2.18 bits per heavy atom. The van der Waals surface area contributed by atoms with Crippen molar-refractivity contribution in [3.05, 3.63) is 33.9 Å². The zero-order valence-electron chi connectivity index (χ0n) is 8.85. The molecule has 0 fully saturated rings. The van der Waals surface area contributed by atoms with Crippen molar-refractivity contribution < 1.29 is 23.2 Å². The maximum atomic E-state index is 12.2. The van der Waals surface area contributed by atoms with Gasteiger partial charge >= 0.3 is 12.3 Å². The fraction of sp³-hybridized carbons (Fsp3) is 0.300. The minimum Gasteiger partial charge on any atom is -0.427 e. The summed E-state index contributed by atoms with van der Waals surface area (Å²) in [6, 6.07) is 3.70. The van der Waals surface area contributed by atoms with Gasteiger partial charge in [0.2, 0.25) is 5.75 Å². The summed E-state index contributed by atoms with van der Waals surface area (Å²) >= 11 is 0. The number of alkyl halides is 2. The Morgan fingerprint density at radius 1 is 1.53 bits per heavy atom. The van der Waals surface area contributed by atoms with Gasteiger partial charge in [-0.3, -0.25) is 14.9 Å². The van der Waals surface area contributed by atoms with Crippen LogP contribution in [0.15, 0.2) is 18.2 Å². The van der Waals surface area contributed by atoms with Crippen molar-refractivity contribution in [1.29, 1.82) is 0 Å². The molecule has 1 aromatic carbocycles. The number of hydrogen-bond donors (Lipinski definition) is 0. The summed E-state index contributed by atoms with van der Waals surface area (Å²) in [4.78, 5) is 20.7. The van der Waals surface area contributed by atoms with Crippen molar-refractivity contribution >= 4 is 11.5 Å². The lowest BCUT2D eigenvalue weighted by Gasteiger charge is -2.09. The number of ketones is 1. The highest BCUT2D eigenvalue weighted by Gasteiger charge is 2.22. The maximum absolute atomic E-state index is 12.2. The zero-order valence-corrected chi connectivity index (χ0v) is 8.85. The van der Waals surface area contributed by atoms with E-state index < -0.39 is 23.0 Å². The highest BCUT2D eigenvalue weighted by Crippen LogP contribution is 2.32. The van der Waals surface area contributed by atoms with Gasteiger partial charge in [-0.1, -0.05) is 12.1 Å². The molecule has 1 aromatic rings. The number of rotatable bonds is 5. The third kappa shape index (κ3) is 3.47. The summed E-state index contributed by atoms with van der Waals surface area (Å²) in [5, 5.41) is 10.6. The first-order chi connectivity index (χ1) is 7.91. The van der Waals surface area contributed by atoms with Crippen LogP contribution in [0.1, 0.15) is 12.5 Å². The third-order valence-electron chi connectivity index (χ3n) is 1.92. The first-order valence-corrected chi connectivity index (χ1v) is 4.62. The second-order valence-electron chi connectivity index (χ2n) is 3.28. The Morgan fingerprint density at radius 3 is 2.65 bits per heavy atom. The lowest BCUT2D eigenvalue weighted by Crippen LogP contribution is -2.08. The fourth-order valence-corrected chi connectivity index (χ4v) is 1.35. The minimum absolute atomic E-state index is 0.0759. The molecule has 17 heavy (non-hydrogen) atoms. The van der Waals surface area contributed by atoms with Crippen LogP contribution in [0.2, 0.25) is 0 Å². The number of carbonyl (C=O) groups excluding carboxylic acids is 1. The number of carbonyl (C=O) groups is 1. The largest absolute Gasteiger partial charge is 0.427 e. The van der Waals surface area contributed by atoms with E-state index >= 15 is 0 Å². The summed E-state index contributed by atoms with van der Waals surface area (Å²) in [5.41, 5.74) is -0.504. The van der Waals surface area contributed by atoms with Crippen LogP contribution in [0.3, 0.4) is 0 Å². The SMILES string of the molecule is CC(=O)Cc1cccc([N+](=O)[O-])c1OC(F)F. The molecule has 0 radical (unpaired) electrons. The molecule has 0 unspecified atom stereocenters. The van der Waals surface area contributed by atoms with Crippen molar-refractivity contribution in [3.63, 3.8) is 0 Å². The van der Waals surface area contributed by atoms with Gasteiger partial charge < -0.3 is 4.74 Å². The summed E-state index contributed by atoms with van der Waals surface area (Å²) in [7, 11) is 0. The van der Waals surface area contributed by atoms with Gasteiger partial charge in [0, 0.05) is 18.1 Å². The molecule has 7 heteroatoms. The summed E-state index contributed by atoms with van der Waals surface area (Å²) < 4.78 is 28.4. The molecular formula is C10H9F2NO4. The van der Waals surface area contributed by atoms with Crippen LogP contribution in [0.25, 0.3) is 0 Å². The van der Waals surface area contributed by atoms with E-state index in [-0.39, 0.29) is 17.8 Å². The molecule has 0 N–H and O–H groups in total. The Hall–Kier alpha value is -2.05. The molecule has 0 aliphatic carbocycles. The first kappa shape index (κ1) is 13.0. The predicted molar refractivity (Wildman–Crippen MR) is 54.1 cm³/mol. The molecule has 0 atom stereocenters. The van der Waals surface area contributed by atoms with Gasteiger partial charge in [0.15, 0.2) is 0 Å². The molecule has 5 nitrogen and oxygen atoms in total. The van der Waals surface area contributed by atoms with Gasteiger partial charge in [-0.15, -0.1) is 0 Å². The van der Waals surface area contributed by atoms with Gasteiger partial charge in [-0.05, 0) is 6.92 Å². The molecular weight excluding hydrogens is 236 g/mol. The molecule has 0 spiro atoms. The van der Waals surface area contributed by atoms with Gasteiger partial charge in [0.25, 0.3) is 0 Å². The maximum Gasteiger partial charge on any atom is 0.387 e. The second-order valence-corrected chi connectivity index (χ2v) is 3.28. The van der Waals surface area contributed by atoms with Gasteiger partial charge in [0.05, 0.1) is 4.92 Å². The first-order valence-electron chi connectivity index (χ1n) is 4.62. The highest BCUT2D eigenvalue weighted by atomic mass is 19.3. The highest BCUT2D eigenvalue weighted by molar-refractivity contribution is 5.79. The van der Waals surface area contributed by atoms with Crippen LogP contribution in [-0.4, -0.2) is 17.3 Å². The number of Topliss-reactive ketones (excluding diaryl/α,β-unsaturated/α-hetero) is 1. The van der Waals surface area contributed by atoms with Crippen LogP contribution in [0, 0.1) is 10.1 Å². The molecule has 0 heterocycles. The van der Waals surface area contributed by atoms with E-state index in [1.54, 1.807) is 0 Å². The standard InChI is InChI=1S/C10H9F2NO4/c1-6(14)5-7-3-2-4-8(13(15)16)9(7)17-10(11)12/h2-4,10H,5H2,1H3. The van der Waals surface area contributed by atoms with Crippen LogP contribution in [0.4, 0.5) is 14.5 Å². The monoisotopic (exact) mass is 245 g/mol. The average molecular weight is 245 g/mol. The number of benzene rings is 1. The van der Waals surface area contributed by atoms with Crippen molar-refractivity contribution in [3.8, 4) is 5.75 Å². The quantitative estimate of drug-likeness (QED) is 0.589. The molecule has 92 valence electrons. The number of hydrogen-bond acceptors (Lipinski definition) is 4. The van der Waals surface area contributed by atoms with E-state index in [1.165, 1.54) is 19.1 Å². The Kier molecular flexibility index (Phi) is 4.08. The molecule has 0 amide bonds. The van der Waals surface area contributed by atoms with E-state index in [0.29, 0.717) is 0 Å². The Balaban J connectivity index is 3.23. The number of halogens is 2. The lowest BCUT2D eigenvalue weighted by atomic mass is 10.1. The third-order valence-corrected chi connectivity index (χ3v) is 1.92. The average Bonchev–Trinajstić information content (AvgIpc) is 2.18. The van der Waals surface area contributed by atoms with Crippen LogP contribution >= 0.6 is 0 Å². The van der Waals surface area contributed by atoms with E-state index in [4.69, 9.17) is 0 Å². The molecule has 0 aliphatic rings. The topological polar surface area (TPSA) is 69.4 Å². The number of ether oxygens (including phenoxy) is 1. The molecule has 0 aliphatic heterocycles. The summed E-state index contributed by atoms with van der Waals surface area (Å²) in [5.74, 6) is -0.854. The molecule has 0 bridgehead atoms. The number of para-hydroxylation sites is 1. The molecule has 1 rings (SSSR count). The van der Waals surface area contributed by atoms with Crippen molar-refractivity contribution in [2.45, 2.75) is 20.0 Å². The van der Waals surface area contributed by atoms with Gasteiger partial charge in [-0.2, -0.15) is 8.78 Å². The molecule has 0 saturated carbocycles. The van der Waals surface area contributed by atoms with E-state index in [1.807, 2.05) is 0 Å². The number of nitro groups is 1. The minimum atomic E-state index is -3.18. The van der Waals surface area contributed by atoms with Crippen LogP contribution < -0.4 is 4.74 Å². The van der Waals surface area contributed by atoms with Crippen molar-refractivity contribution in [2.24, 2.45) is 0 Å². The molecule has 0 aromatic heterocycles. The Bertz CT molecular complexity index is 448. The van der Waals surface area contributed by atoms with Gasteiger partial charge in [-0.25, -0.2) is 0 Å². The predicted octanol–water partition coefficient (Wildman–Crippen LogP) is 2.33. The second kappa shape index (κ2) is 5.33. The molecule has 0 saturated heterocycles. The number of nitro benzene ring substituents is 1. The van der Waals surface area contributed by atoms with Gasteiger partial charge in [0.1, 0.15) is 5.78 Å². The summed E-state index contributed by atoms with van der Waals surface area (Å²) in [6.07, 6.45) is -0.191. The smallest absolute Gasteiger partial charge is 0.387 e. The van der Waals surface area contributed by atoms with E-state index in [9.17, 15) is 23.7 Å². The van der Waals surface area contributed by atoms with E-state index in [0.717, 1.165) is 6.07 Å². The fourth-order valence-electron chi connectivity index (χ4n) is 1.35. The van der Waals surface area contributed by atoms with Crippen LogP contribution in [0.5, 0.6) is 5.75 Å². The van der Waals surface area contributed by atoms with Crippen LogP contribution in [-0.2, 0) is 11.2 Å². The van der Waals surface area contributed by atoms with Crippen molar-refractivity contribution in [1.82, 2.24) is 0 Å². The zero-order chi connectivity index (χ0) is 13.0. The lowest BCUT2D eigenvalue weighted by molar-refractivity contribution is -0.386. The summed E-state index contributed by atoms with van der Waals surface area (Å²) in [6.45, 7) is -1.92. The Labute approximate surface area is 95.2 Å². The van der Waals surface area contributed by atoms with E-state index in [2.05, 4.69) is 4.74 Å². The normalized spacial score (nSPS) is 10.4. The number of nitrogens with zero attached hydrogens (tertiary/aromatic N) is 1.